The number of aliphatic hydroxyl groups is 1. The van der Waals surface area contributed by atoms with E-state index in [2.05, 4.69) is 27.5 Å². The fraction of sp³-hybridized carbons (Fsp3) is 0.692. The highest BCUT2D eigenvalue weighted by atomic mass is 16.3. The van der Waals surface area contributed by atoms with Crippen molar-refractivity contribution in [2.24, 2.45) is 0 Å². The highest BCUT2D eigenvalue weighted by Crippen LogP contribution is 2.13. The lowest BCUT2D eigenvalue weighted by molar-refractivity contribution is 0.0696. The minimum atomic E-state index is -0.712. The summed E-state index contributed by atoms with van der Waals surface area (Å²) in [5.74, 6) is 1.38. The van der Waals surface area contributed by atoms with Crippen LogP contribution >= 0.6 is 0 Å². The Bertz CT molecular complexity index is 379. The fourth-order valence-electron chi connectivity index (χ4n) is 1.38. The molecule has 0 amide bonds. The number of aromatic nitrogens is 2. The van der Waals surface area contributed by atoms with Gasteiger partial charge in [-0.2, -0.15) is 4.98 Å². The monoisotopic (exact) mass is 252 g/mol. The Morgan fingerprint density at radius 1 is 1.28 bits per heavy atom. The first-order chi connectivity index (χ1) is 8.46. The second-order valence-electron chi connectivity index (χ2n) is 4.85. The summed E-state index contributed by atoms with van der Waals surface area (Å²) in [6.07, 6.45) is 1.73. The molecule has 0 spiro atoms. The first-order valence-electron chi connectivity index (χ1n) is 6.52. The summed E-state index contributed by atoms with van der Waals surface area (Å²) in [5, 5.41) is 16.3. The molecule has 0 saturated carbocycles. The van der Waals surface area contributed by atoms with E-state index in [0.717, 1.165) is 24.5 Å². The van der Waals surface area contributed by atoms with E-state index in [1.54, 1.807) is 0 Å². The molecule has 0 bridgehead atoms. The van der Waals surface area contributed by atoms with E-state index in [0.29, 0.717) is 18.9 Å². The quantitative estimate of drug-likeness (QED) is 0.694. The summed E-state index contributed by atoms with van der Waals surface area (Å²) >= 11 is 0. The molecule has 18 heavy (non-hydrogen) atoms. The Hall–Kier alpha value is -1.36. The summed E-state index contributed by atoms with van der Waals surface area (Å²) in [5.41, 5.74) is 0.192. The van der Waals surface area contributed by atoms with Crippen LogP contribution in [0.2, 0.25) is 0 Å². The number of hydrogen-bond donors (Lipinski definition) is 3. The van der Waals surface area contributed by atoms with Gasteiger partial charge in [0.25, 0.3) is 0 Å². The van der Waals surface area contributed by atoms with Crippen LogP contribution in [0.3, 0.4) is 0 Å². The van der Waals surface area contributed by atoms with Crippen LogP contribution in [0.1, 0.15) is 39.3 Å². The Labute approximate surface area is 109 Å². The average molecular weight is 252 g/mol. The number of anilines is 2. The van der Waals surface area contributed by atoms with Crippen molar-refractivity contribution in [1.82, 2.24) is 9.97 Å². The van der Waals surface area contributed by atoms with Gasteiger partial charge >= 0.3 is 0 Å². The molecule has 0 aromatic carbocycles. The summed E-state index contributed by atoms with van der Waals surface area (Å²) in [4.78, 5) is 8.68. The number of rotatable bonds is 7. The third-order valence-corrected chi connectivity index (χ3v) is 2.80. The van der Waals surface area contributed by atoms with Crippen LogP contribution in [-0.4, -0.2) is 33.8 Å². The van der Waals surface area contributed by atoms with Crippen LogP contribution < -0.4 is 10.6 Å². The van der Waals surface area contributed by atoms with E-state index in [1.165, 1.54) is 0 Å². The lowest BCUT2D eigenvalue weighted by atomic mass is 10.0. The molecule has 3 N–H and O–H groups in total. The van der Waals surface area contributed by atoms with Crippen molar-refractivity contribution >= 4 is 11.8 Å². The predicted octanol–water partition coefficient (Wildman–Crippen LogP) is 2.18. The molecule has 1 unspecified atom stereocenters. The summed E-state index contributed by atoms with van der Waals surface area (Å²) in [6.45, 7) is 9.14. The standard InChI is InChI=1S/C13H24N4O/c1-5-7-14-12-16-10(3)8-11(17-12)15-9-13(4,18)6-2/h8,18H,5-7,9H2,1-4H3,(H2,14,15,16,17). The molecule has 1 atom stereocenters. The molecule has 5 heteroatoms. The van der Waals surface area contributed by atoms with Gasteiger partial charge in [0.2, 0.25) is 5.95 Å². The van der Waals surface area contributed by atoms with E-state index in [-0.39, 0.29) is 0 Å². The van der Waals surface area contributed by atoms with Crippen LogP contribution in [-0.2, 0) is 0 Å². The van der Waals surface area contributed by atoms with Gasteiger partial charge in [0, 0.05) is 24.8 Å². The highest BCUT2D eigenvalue weighted by Gasteiger charge is 2.17. The molecular weight excluding hydrogens is 228 g/mol. The van der Waals surface area contributed by atoms with Gasteiger partial charge in [0.05, 0.1) is 5.60 Å². The zero-order valence-electron chi connectivity index (χ0n) is 11.7. The van der Waals surface area contributed by atoms with Gasteiger partial charge in [-0.05, 0) is 26.7 Å². The van der Waals surface area contributed by atoms with E-state index >= 15 is 0 Å². The number of nitrogens with one attached hydrogen (secondary N) is 2. The third kappa shape index (κ3) is 4.87. The minimum Gasteiger partial charge on any atom is -0.388 e. The van der Waals surface area contributed by atoms with Gasteiger partial charge in [-0.1, -0.05) is 13.8 Å². The lowest BCUT2D eigenvalue weighted by Gasteiger charge is -2.22. The van der Waals surface area contributed by atoms with E-state index < -0.39 is 5.60 Å². The first-order valence-corrected chi connectivity index (χ1v) is 6.52. The molecular formula is C13H24N4O. The molecule has 1 heterocycles. The van der Waals surface area contributed by atoms with E-state index in [4.69, 9.17) is 0 Å². The maximum absolute atomic E-state index is 9.94. The number of aryl methyl sites for hydroxylation is 1. The van der Waals surface area contributed by atoms with Gasteiger partial charge in [-0.15, -0.1) is 0 Å². The van der Waals surface area contributed by atoms with Gasteiger partial charge in [-0.3, -0.25) is 0 Å². The first kappa shape index (κ1) is 14.7. The zero-order chi connectivity index (χ0) is 13.6. The molecule has 0 aliphatic carbocycles. The second-order valence-corrected chi connectivity index (χ2v) is 4.85. The van der Waals surface area contributed by atoms with Crippen molar-refractivity contribution < 1.29 is 5.11 Å². The molecule has 0 aliphatic rings. The Morgan fingerprint density at radius 3 is 2.61 bits per heavy atom. The molecule has 5 nitrogen and oxygen atoms in total. The summed E-state index contributed by atoms with van der Waals surface area (Å²) in [6, 6.07) is 1.88. The van der Waals surface area contributed by atoms with E-state index in [1.807, 2.05) is 26.8 Å². The molecule has 0 saturated heterocycles. The van der Waals surface area contributed by atoms with Crippen molar-refractivity contribution in [3.63, 3.8) is 0 Å². The summed E-state index contributed by atoms with van der Waals surface area (Å²) < 4.78 is 0. The highest BCUT2D eigenvalue weighted by molar-refractivity contribution is 5.42. The largest absolute Gasteiger partial charge is 0.388 e. The molecule has 0 radical (unpaired) electrons. The van der Waals surface area contributed by atoms with Crippen LogP contribution in [0.4, 0.5) is 11.8 Å². The molecule has 0 fully saturated rings. The Morgan fingerprint density at radius 2 is 2.00 bits per heavy atom. The smallest absolute Gasteiger partial charge is 0.224 e. The molecule has 0 aliphatic heterocycles. The second kappa shape index (κ2) is 6.54. The molecule has 1 aromatic heterocycles. The van der Waals surface area contributed by atoms with Gasteiger partial charge in [0.15, 0.2) is 0 Å². The van der Waals surface area contributed by atoms with Crippen molar-refractivity contribution in [3.05, 3.63) is 11.8 Å². The van der Waals surface area contributed by atoms with Crippen LogP contribution in [0.15, 0.2) is 6.07 Å². The third-order valence-electron chi connectivity index (χ3n) is 2.80. The van der Waals surface area contributed by atoms with Gasteiger partial charge in [0.1, 0.15) is 5.82 Å². The fourth-order valence-corrected chi connectivity index (χ4v) is 1.38. The molecule has 1 aromatic rings. The number of hydrogen-bond acceptors (Lipinski definition) is 5. The topological polar surface area (TPSA) is 70.1 Å². The zero-order valence-corrected chi connectivity index (χ0v) is 11.7. The maximum atomic E-state index is 9.94. The van der Waals surface area contributed by atoms with Crippen molar-refractivity contribution in [2.45, 2.75) is 46.1 Å². The van der Waals surface area contributed by atoms with Crippen molar-refractivity contribution in [2.75, 3.05) is 23.7 Å². The van der Waals surface area contributed by atoms with Crippen LogP contribution in [0.5, 0.6) is 0 Å². The van der Waals surface area contributed by atoms with Crippen molar-refractivity contribution in [1.29, 1.82) is 0 Å². The van der Waals surface area contributed by atoms with Crippen LogP contribution in [0, 0.1) is 6.92 Å². The minimum absolute atomic E-state index is 0.479. The maximum Gasteiger partial charge on any atom is 0.224 e. The SMILES string of the molecule is CCCNc1nc(C)cc(NCC(C)(O)CC)n1. The average Bonchev–Trinajstić information content (AvgIpc) is 2.33. The summed E-state index contributed by atoms with van der Waals surface area (Å²) in [7, 11) is 0. The number of nitrogens with zero attached hydrogens (tertiary/aromatic N) is 2. The van der Waals surface area contributed by atoms with E-state index in [9.17, 15) is 5.11 Å². The van der Waals surface area contributed by atoms with Gasteiger partial charge in [-0.25, -0.2) is 4.98 Å². The van der Waals surface area contributed by atoms with Crippen molar-refractivity contribution in [3.8, 4) is 0 Å². The van der Waals surface area contributed by atoms with Gasteiger partial charge < -0.3 is 15.7 Å². The Balaban J connectivity index is 2.68. The Kier molecular flexibility index (Phi) is 5.34. The normalized spacial score (nSPS) is 14.1. The predicted molar refractivity (Wildman–Crippen MR) is 75.0 cm³/mol. The lowest BCUT2D eigenvalue weighted by Crippen LogP contribution is -2.32. The molecule has 1 rings (SSSR count). The van der Waals surface area contributed by atoms with Crippen LogP contribution in [0.25, 0.3) is 0 Å². The molecule has 102 valence electrons.